The number of nitrogens with two attached hydrogens (primary N) is 1. The van der Waals surface area contributed by atoms with Gasteiger partial charge in [-0.25, -0.2) is 0 Å². The van der Waals surface area contributed by atoms with Gasteiger partial charge in [-0.3, -0.25) is 0 Å². The SMILES string of the molecule is CC(C)CC1CCCC(N)(Cc2cccc(Br)c2)C1. The molecule has 2 rings (SSSR count). The smallest absolute Gasteiger partial charge is 0.0197 e. The predicted octanol–water partition coefficient (Wildman–Crippen LogP) is 4.93. The van der Waals surface area contributed by atoms with Gasteiger partial charge in [0.05, 0.1) is 0 Å². The van der Waals surface area contributed by atoms with Crippen LogP contribution in [0.5, 0.6) is 0 Å². The van der Waals surface area contributed by atoms with Crippen LogP contribution >= 0.6 is 15.9 Å². The van der Waals surface area contributed by atoms with E-state index >= 15 is 0 Å². The number of hydrogen-bond acceptors (Lipinski definition) is 1. The molecule has 0 aliphatic heterocycles. The fourth-order valence-electron chi connectivity index (χ4n) is 3.60. The Hall–Kier alpha value is -0.340. The molecule has 1 aromatic rings. The van der Waals surface area contributed by atoms with E-state index in [0.29, 0.717) is 0 Å². The number of benzene rings is 1. The number of hydrogen-bond donors (Lipinski definition) is 1. The summed E-state index contributed by atoms with van der Waals surface area (Å²) in [5, 5.41) is 0. The summed E-state index contributed by atoms with van der Waals surface area (Å²) >= 11 is 3.55. The van der Waals surface area contributed by atoms with Gasteiger partial charge in [0.25, 0.3) is 0 Å². The molecule has 0 aromatic heterocycles. The largest absolute Gasteiger partial charge is 0.325 e. The second kappa shape index (κ2) is 6.41. The summed E-state index contributed by atoms with van der Waals surface area (Å²) < 4.78 is 1.16. The third-order valence-electron chi connectivity index (χ3n) is 4.23. The standard InChI is InChI=1S/C17H26BrN/c1-13(2)9-14-6-4-8-17(19,11-14)12-15-5-3-7-16(18)10-15/h3,5,7,10,13-14H,4,6,8-9,11-12,19H2,1-2H3. The molecule has 2 atom stereocenters. The van der Waals surface area contributed by atoms with Crippen LogP contribution in [0.2, 0.25) is 0 Å². The molecule has 1 nitrogen and oxygen atoms in total. The number of rotatable bonds is 4. The molecule has 1 saturated carbocycles. The molecule has 1 aromatic carbocycles. The zero-order valence-electron chi connectivity index (χ0n) is 12.2. The van der Waals surface area contributed by atoms with Crippen molar-refractivity contribution in [2.75, 3.05) is 0 Å². The van der Waals surface area contributed by atoms with Gasteiger partial charge in [-0.05, 0) is 55.2 Å². The molecule has 1 fully saturated rings. The van der Waals surface area contributed by atoms with Crippen molar-refractivity contribution in [2.24, 2.45) is 17.6 Å². The summed E-state index contributed by atoms with van der Waals surface area (Å²) in [4.78, 5) is 0. The predicted molar refractivity (Wildman–Crippen MR) is 86.2 cm³/mol. The van der Waals surface area contributed by atoms with Crippen molar-refractivity contribution >= 4 is 15.9 Å². The Morgan fingerprint density at radius 2 is 2.21 bits per heavy atom. The van der Waals surface area contributed by atoms with Crippen molar-refractivity contribution in [1.29, 1.82) is 0 Å². The van der Waals surface area contributed by atoms with E-state index in [4.69, 9.17) is 5.73 Å². The van der Waals surface area contributed by atoms with E-state index in [1.165, 1.54) is 37.7 Å². The fraction of sp³-hybridized carbons (Fsp3) is 0.647. The van der Waals surface area contributed by atoms with Crippen molar-refractivity contribution in [3.05, 3.63) is 34.3 Å². The van der Waals surface area contributed by atoms with Gasteiger partial charge in [0.15, 0.2) is 0 Å². The molecular formula is C17H26BrN. The summed E-state index contributed by atoms with van der Waals surface area (Å²) in [6, 6.07) is 8.60. The van der Waals surface area contributed by atoms with Crippen LogP contribution in [0.15, 0.2) is 28.7 Å². The molecule has 1 aliphatic carbocycles. The lowest BCUT2D eigenvalue weighted by Crippen LogP contribution is -2.46. The molecule has 2 heteroatoms. The van der Waals surface area contributed by atoms with E-state index in [-0.39, 0.29) is 5.54 Å². The lowest BCUT2D eigenvalue weighted by molar-refractivity contribution is 0.200. The van der Waals surface area contributed by atoms with E-state index in [0.717, 1.165) is 22.7 Å². The van der Waals surface area contributed by atoms with E-state index in [2.05, 4.69) is 54.0 Å². The zero-order valence-corrected chi connectivity index (χ0v) is 13.7. The zero-order chi connectivity index (χ0) is 13.9. The van der Waals surface area contributed by atoms with Gasteiger partial charge >= 0.3 is 0 Å². The minimum absolute atomic E-state index is 0.0125. The fourth-order valence-corrected chi connectivity index (χ4v) is 4.05. The average Bonchev–Trinajstić information content (AvgIpc) is 2.27. The minimum Gasteiger partial charge on any atom is -0.325 e. The Kier molecular flexibility index (Phi) is 5.08. The summed E-state index contributed by atoms with van der Waals surface area (Å²) in [6.07, 6.45) is 7.38. The third-order valence-corrected chi connectivity index (χ3v) is 4.73. The van der Waals surface area contributed by atoms with Crippen molar-refractivity contribution in [2.45, 2.75) is 57.9 Å². The molecule has 1 aliphatic rings. The van der Waals surface area contributed by atoms with Crippen LogP contribution in [0.3, 0.4) is 0 Å². The maximum Gasteiger partial charge on any atom is 0.0197 e. The van der Waals surface area contributed by atoms with Crippen molar-refractivity contribution < 1.29 is 0 Å². The van der Waals surface area contributed by atoms with Gasteiger partial charge in [0, 0.05) is 10.0 Å². The molecule has 0 amide bonds. The first-order valence-electron chi connectivity index (χ1n) is 7.50. The quantitative estimate of drug-likeness (QED) is 0.835. The van der Waals surface area contributed by atoms with E-state index < -0.39 is 0 Å². The molecule has 0 bridgehead atoms. The van der Waals surface area contributed by atoms with Crippen LogP contribution in [-0.4, -0.2) is 5.54 Å². The second-order valence-corrected chi connectivity index (χ2v) is 7.68. The summed E-state index contributed by atoms with van der Waals surface area (Å²) in [7, 11) is 0. The van der Waals surface area contributed by atoms with Crippen molar-refractivity contribution in [3.63, 3.8) is 0 Å². The minimum atomic E-state index is 0.0125. The highest BCUT2D eigenvalue weighted by molar-refractivity contribution is 9.10. The molecule has 19 heavy (non-hydrogen) atoms. The van der Waals surface area contributed by atoms with Crippen LogP contribution in [-0.2, 0) is 6.42 Å². The van der Waals surface area contributed by atoms with Crippen LogP contribution in [0, 0.1) is 11.8 Å². The molecule has 0 saturated heterocycles. The maximum atomic E-state index is 6.69. The van der Waals surface area contributed by atoms with Gasteiger partial charge in [0.1, 0.15) is 0 Å². The highest BCUT2D eigenvalue weighted by Crippen LogP contribution is 2.36. The summed E-state index contributed by atoms with van der Waals surface area (Å²) in [6.45, 7) is 4.64. The van der Waals surface area contributed by atoms with Gasteiger partial charge in [-0.1, -0.05) is 54.8 Å². The average molecular weight is 324 g/mol. The van der Waals surface area contributed by atoms with Gasteiger partial charge in [0.2, 0.25) is 0 Å². The Labute approximate surface area is 126 Å². The lowest BCUT2D eigenvalue weighted by Gasteiger charge is -2.39. The van der Waals surface area contributed by atoms with E-state index in [1.54, 1.807) is 0 Å². The molecule has 0 heterocycles. The normalized spacial score (nSPS) is 27.7. The monoisotopic (exact) mass is 323 g/mol. The third kappa shape index (κ3) is 4.61. The molecule has 2 unspecified atom stereocenters. The lowest BCUT2D eigenvalue weighted by atomic mass is 9.71. The highest BCUT2D eigenvalue weighted by atomic mass is 79.9. The summed E-state index contributed by atoms with van der Waals surface area (Å²) in [5.74, 6) is 1.61. The molecule has 106 valence electrons. The molecule has 2 N–H and O–H groups in total. The number of halogens is 1. The van der Waals surface area contributed by atoms with Crippen LogP contribution in [0.1, 0.15) is 51.5 Å². The van der Waals surface area contributed by atoms with Crippen molar-refractivity contribution in [1.82, 2.24) is 0 Å². The van der Waals surface area contributed by atoms with Crippen LogP contribution in [0.25, 0.3) is 0 Å². The molecule has 0 radical (unpaired) electrons. The van der Waals surface area contributed by atoms with E-state index in [1.807, 2.05) is 0 Å². The van der Waals surface area contributed by atoms with Gasteiger partial charge in [-0.2, -0.15) is 0 Å². The van der Waals surface area contributed by atoms with Gasteiger partial charge in [-0.15, -0.1) is 0 Å². The van der Waals surface area contributed by atoms with E-state index in [9.17, 15) is 0 Å². The Bertz CT molecular complexity index is 415. The highest BCUT2D eigenvalue weighted by Gasteiger charge is 2.32. The second-order valence-electron chi connectivity index (χ2n) is 6.76. The maximum absolute atomic E-state index is 6.69. The molecular weight excluding hydrogens is 298 g/mol. The first-order chi connectivity index (χ1) is 8.97. The first kappa shape index (κ1) is 15.1. The van der Waals surface area contributed by atoms with Crippen LogP contribution in [0.4, 0.5) is 0 Å². The molecule has 0 spiro atoms. The summed E-state index contributed by atoms with van der Waals surface area (Å²) in [5.41, 5.74) is 8.07. The van der Waals surface area contributed by atoms with Gasteiger partial charge < -0.3 is 5.73 Å². The Balaban J connectivity index is 2.01. The topological polar surface area (TPSA) is 26.0 Å². The first-order valence-corrected chi connectivity index (χ1v) is 8.29. The van der Waals surface area contributed by atoms with Crippen molar-refractivity contribution in [3.8, 4) is 0 Å². The Morgan fingerprint density at radius 3 is 2.89 bits per heavy atom. The van der Waals surface area contributed by atoms with Crippen LogP contribution < -0.4 is 5.73 Å². The Morgan fingerprint density at radius 1 is 1.42 bits per heavy atom.